The lowest BCUT2D eigenvalue weighted by molar-refractivity contribution is 0.578. The Morgan fingerprint density at radius 3 is 1.18 bits per heavy atom. The molecule has 0 fully saturated rings. The predicted molar refractivity (Wildman–Crippen MR) is 77.5 cm³/mol. The largest absolute Gasteiger partial charge is 0.206 e. The third-order valence-corrected chi connectivity index (χ3v) is 3.09. The molecule has 0 unspecified atom stereocenters. The number of hydrogen-bond acceptors (Lipinski definition) is 2. The zero-order valence-corrected chi connectivity index (χ0v) is 12.1. The molecule has 2 aromatic carbocycles. The van der Waals surface area contributed by atoms with Gasteiger partial charge in [-0.1, -0.05) is 35.3 Å². The minimum Gasteiger partial charge on any atom is -0.206 e. The van der Waals surface area contributed by atoms with Crippen molar-refractivity contribution in [2.45, 2.75) is 0 Å². The van der Waals surface area contributed by atoms with Gasteiger partial charge in [0.05, 0.1) is 11.1 Å². The number of hydrogen-bond donors (Lipinski definition) is 0. The van der Waals surface area contributed by atoms with E-state index in [1.165, 1.54) is 0 Å². The van der Waals surface area contributed by atoms with Gasteiger partial charge in [0.1, 0.15) is 23.3 Å². The molecule has 2 aromatic rings. The Kier molecular flexibility index (Phi) is 5.15. The molecule has 2 rings (SSSR count). The van der Waals surface area contributed by atoms with Crippen molar-refractivity contribution in [2.24, 2.45) is 10.2 Å². The van der Waals surface area contributed by atoms with Crippen LogP contribution in [0.2, 0.25) is 0 Å². The van der Waals surface area contributed by atoms with Crippen molar-refractivity contribution < 1.29 is 17.6 Å². The van der Waals surface area contributed by atoms with E-state index in [1.54, 1.807) is 0 Å². The number of rotatable bonds is 3. The van der Waals surface area contributed by atoms with Crippen molar-refractivity contribution in [3.05, 3.63) is 70.8 Å². The lowest BCUT2D eigenvalue weighted by Gasteiger charge is -2.02. The molecule has 0 aromatic heterocycles. The molecule has 0 saturated heterocycles. The van der Waals surface area contributed by atoms with E-state index < -0.39 is 44.7 Å². The molecule has 0 aliphatic carbocycles. The Bertz CT molecular complexity index is 669. The standard InChI is InChI=1S/C14H6Cl2F4N2/c15-13(11-7(17)3-1-4-8(11)18)21-22-14(16)12-9(19)5-2-6-10(12)20/h1-6H. The first-order valence-electron chi connectivity index (χ1n) is 5.77. The molecule has 0 atom stereocenters. The Morgan fingerprint density at radius 1 is 0.636 bits per heavy atom. The molecule has 0 bridgehead atoms. The molecule has 2 nitrogen and oxygen atoms in total. The Hall–Kier alpha value is -1.92. The highest BCUT2D eigenvalue weighted by molar-refractivity contribution is 6.71. The van der Waals surface area contributed by atoms with Crippen molar-refractivity contribution in [3.8, 4) is 0 Å². The third kappa shape index (κ3) is 3.45. The summed E-state index contributed by atoms with van der Waals surface area (Å²) < 4.78 is 53.9. The lowest BCUT2D eigenvalue weighted by Crippen LogP contribution is -2.02. The van der Waals surface area contributed by atoms with E-state index in [4.69, 9.17) is 23.2 Å². The minimum atomic E-state index is -0.961. The molecule has 0 aliphatic heterocycles. The van der Waals surface area contributed by atoms with E-state index in [1.807, 2.05) is 0 Å². The van der Waals surface area contributed by atoms with Gasteiger partial charge in [0.15, 0.2) is 10.3 Å². The molecular formula is C14H6Cl2F4N2. The maximum Gasteiger partial charge on any atom is 0.164 e. The van der Waals surface area contributed by atoms with Crippen molar-refractivity contribution in [1.29, 1.82) is 0 Å². The Balaban J connectivity index is 2.41. The summed E-state index contributed by atoms with van der Waals surface area (Å²) in [5.41, 5.74) is -1.24. The molecule has 0 aliphatic rings. The first-order chi connectivity index (χ1) is 10.4. The second kappa shape index (κ2) is 6.89. The van der Waals surface area contributed by atoms with Crippen LogP contribution in [0.3, 0.4) is 0 Å². The van der Waals surface area contributed by atoms with Gasteiger partial charge in [-0.15, -0.1) is 10.2 Å². The highest BCUT2D eigenvalue weighted by atomic mass is 35.5. The molecule has 8 heteroatoms. The number of nitrogens with zero attached hydrogens (tertiary/aromatic N) is 2. The lowest BCUT2D eigenvalue weighted by atomic mass is 10.2. The minimum absolute atomic E-state index is 0.619. The molecule has 0 radical (unpaired) electrons. The summed E-state index contributed by atoms with van der Waals surface area (Å²) in [5.74, 6) is -3.84. The zero-order valence-electron chi connectivity index (χ0n) is 10.6. The van der Waals surface area contributed by atoms with E-state index in [0.717, 1.165) is 36.4 Å². The molecule has 0 amide bonds. The van der Waals surface area contributed by atoms with Gasteiger partial charge in [-0.25, -0.2) is 17.6 Å². The maximum absolute atomic E-state index is 13.5. The van der Waals surface area contributed by atoms with E-state index in [9.17, 15) is 17.6 Å². The van der Waals surface area contributed by atoms with Crippen LogP contribution in [0.4, 0.5) is 17.6 Å². The first kappa shape index (κ1) is 16.5. The van der Waals surface area contributed by atoms with Crippen molar-refractivity contribution in [1.82, 2.24) is 0 Å². The highest BCUT2D eigenvalue weighted by Gasteiger charge is 2.15. The van der Waals surface area contributed by atoms with Gasteiger partial charge in [0.2, 0.25) is 0 Å². The molecular weight excluding hydrogens is 343 g/mol. The molecule has 0 saturated carbocycles. The van der Waals surface area contributed by atoms with Crippen LogP contribution in [-0.4, -0.2) is 10.3 Å². The van der Waals surface area contributed by atoms with Crippen LogP contribution in [0.15, 0.2) is 46.6 Å². The quantitative estimate of drug-likeness (QED) is 0.431. The van der Waals surface area contributed by atoms with Gasteiger partial charge in [0.25, 0.3) is 0 Å². The Morgan fingerprint density at radius 2 is 0.909 bits per heavy atom. The van der Waals surface area contributed by atoms with Crippen molar-refractivity contribution >= 4 is 33.5 Å². The number of benzene rings is 2. The van der Waals surface area contributed by atoms with Crippen LogP contribution in [0.1, 0.15) is 11.1 Å². The topological polar surface area (TPSA) is 24.7 Å². The molecule has 0 heterocycles. The summed E-state index contributed by atoms with van der Waals surface area (Å²) in [6, 6.07) is 6.17. The third-order valence-electron chi connectivity index (χ3n) is 2.56. The van der Waals surface area contributed by atoms with Gasteiger partial charge in [-0.3, -0.25) is 0 Å². The smallest absolute Gasteiger partial charge is 0.164 e. The summed E-state index contributed by atoms with van der Waals surface area (Å²) >= 11 is 11.3. The zero-order chi connectivity index (χ0) is 16.3. The van der Waals surface area contributed by atoms with E-state index in [2.05, 4.69) is 10.2 Å². The summed E-state index contributed by atoms with van der Waals surface area (Å²) in [6.45, 7) is 0. The van der Waals surface area contributed by atoms with Crippen LogP contribution >= 0.6 is 23.2 Å². The summed E-state index contributed by atoms with van der Waals surface area (Å²) in [4.78, 5) is 0. The van der Waals surface area contributed by atoms with E-state index in [-0.39, 0.29) is 0 Å². The van der Waals surface area contributed by atoms with Crippen LogP contribution in [0.5, 0.6) is 0 Å². The second-order valence-corrected chi connectivity index (χ2v) is 4.69. The fourth-order valence-corrected chi connectivity index (χ4v) is 2.01. The highest BCUT2D eigenvalue weighted by Crippen LogP contribution is 2.18. The normalized spacial score (nSPS) is 12.6. The summed E-state index contributed by atoms with van der Waals surface area (Å²) in [5, 5.41) is 5.30. The van der Waals surface area contributed by atoms with Crippen molar-refractivity contribution in [2.75, 3.05) is 0 Å². The maximum atomic E-state index is 13.5. The average molecular weight is 349 g/mol. The van der Waals surface area contributed by atoms with Crippen LogP contribution in [0.25, 0.3) is 0 Å². The van der Waals surface area contributed by atoms with Gasteiger partial charge in [-0.2, -0.15) is 0 Å². The second-order valence-electron chi connectivity index (χ2n) is 3.97. The van der Waals surface area contributed by atoms with Crippen molar-refractivity contribution in [3.63, 3.8) is 0 Å². The van der Waals surface area contributed by atoms with Crippen LogP contribution in [-0.2, 0) is 0 Å². The van der Waals surface area contributed by atoms with Gasteiger partial charge >= 0.3 is 0 Å². The SMILES string of the molecule is Fc1cccc(F)c1C(Cl)=NN=C(Cl)c1c(F)cccc1F. The van der Waals surface area contributed by atoms with Gasteiger partial charge in [0, 0.05) is 0 Å². The average Bonchev–Trinajstić information content (AvgIpc) is 2.44. The van der Waals surface area contributed by atoms with Crippen LogP contribution in [0, 0.1) is 23.3 Å². The van der Waals surface area contributed by atoms with Gasteiger partial charge < -0.3 is 0 Å². The van der Waals surface area contributed by atoms with Crippen LogP contribution < -0.4 is 0 Å². The van der Waals surface area contributed by atoms with Gasteiger partial charge in [-0.05, 0) is 24.3 Å². The molecule has 22 heavy (non-hydrogen) atoms. The summed E-state index contributed by atoms with van der Waals surface area (Å²) in [7, 11) is 0. The molecule has 0 spiro atoms. The Labute approximate surface area is 132 Å². The molecule has 114 valence electrons. The fourth-order valence-electron chi connectivity index (χ4n) is 1.58. The summed E-state index contributed by atoms with van der Waals surface area (Å²) in [6.07, 6.45) is 0. The monoisotopic (exact) mass is 348 g/mol. The molecule has 0 N–H and O–H groups in total. The predicted octanol–water partition coefficient (Wildman–Crippen LogP) is 4.83. The first-order valence-corrected chi connectivity index (χ1v) is 6.53. The fraction of sp³-hybridized carbons (Fsp3) is 0. The van der Waals surface area contributed by atoms with E-state index in [0.29, 0.717) is 0 Å². The number of halogens is 6. The van der Waals surface area contributed by atoms with E-state index >= 15 is 0 Å².